The fourth-order valence-electron chi connectivity index (χ4n) is 4.43. The van der Waals surface area contributed by atoms with Crippen molar-refractivity contribution in [2.24, 2.45) is 0 Å². The molecule has 3 aromatic rings. The summed E-state index contributed by atoms with van der Waals surface area (Å²) in [5, 5.41) is 3.80. The Hall–Kier alpha value is -3.36. The molecule has 1 fully saturated rings. The molecule has 0 aliphatic heterocycles. The predicted octanol–water partition coefficient (Wildman–Crippen LogP) is 5.55. The number of fused-ring (bicyclic) bond motifs is 1. The second-order valence-electron chi connectivity index (χ2n) is 8.47. The molecule has 6 nitrogen and oxygen atoms in total. The molecule has 1 aliphatic rings. The lowest BCUT2D eigenvalue weighted by Gasteiger charge is -2.25. The first kappa shape index (κ1) is 22.8. The number of aromatic nitrogens is 3. The molecule has 3 N–H and O–H groups in total. The lowest BCUT2D eigenvalue weighted by Crippen LogP contribution is -2.25. The van der Waals surface area contributed by atoms with Crippen LogP contribution in [0, 0.1) is 6.92 Å². The van der Waals surface area contributed by atoms with E-state index in [0.717, 1.165) is 44.2 Å². The third-order valence-electron chi connectivity index (χ3n) is 6.03. The molecule has 0 bridgehead atoms. The Morgan fingerprint density at radius 3 is 2.58 bits per heavy atom. The Morgan fingerprint density at radius 1 is 1.18 bits per heavy atom. The van der Waals surface area contributed by atoms with Crippen molar-refractivity contribution < 1.29 is 13.2 Å². The zero-order valence-corrected chi connectivity index (χ0v) is 18.3. The number of benzene rings is 1. The Kier molecular flexibility index (Phi) is 6.14. The topological polar surface area (TPSA) is 85.8 Å². The summed E-state index contributed by atoms with van der Waals surface area (Å²) in [5.41, 5.74) is 5.59. The number of hydrogen-bond acceptors (Lipinski definition) is 5. The summed E-state index contributed by atoms with van der Waals surface area (Å²) in [7, 11) is 0. The van der Waals surface area contributed by atoms with Crippen LogP contribution in [-0.2, 0) is 6.18 Å². The normalized spacial score (nSPS) is 16.0. The number of nitrogens with two attached hydrogens (primary N) is 1. The van der Waals surface area contributed by atoms with Crippen LogP contribution >= 0.6 is 0 Å². The van der Waals surface area contributed by atoms with Crippen molar-refractivity contribution in [3.05, 3.63) is 70.4 Å². The van der Waals surface area contributed by atoms with Crippen LogP contribution in [0.1, 0.15) is 61.1 Å². The highest BCUT2D eigenvalue weighted by Crippen LogP contribution is 2.34. The number of alkyl halides is 3. The molecule has 0 spiro atoms. The van der Waals surface area contributed by atoms with Crippen molar-refractivity contribution in [3.63, 3.8) is 0 Å². The van der Waals surface area contributed by atoms with Gasteiger partial charge in [0.05, 0.1) is 22.5 Å². The fraction of sp³-hybridized carbons (Fsp3) is 0.375. The molecule has 0 amide bonds. The minimum atomic E-state index is -4.52. The van der Waals surface area contributed by atoms with E-state index in [1.807, 2.05) is 0 Å². The lowest BCUT2D eigenvalue weighted by atomic mass is 9.95. The molecule has 1 unspecified atom stereocenters. The van der Waals surface area contributed by atoms with Gasteiger partial charge in [-0.25, -0.2) is 9.97 Å². The summed E-state index contributed by atoms with van der Waals surface area (Å²) in [5.74, 6) is 0.856. The molecular formula is C24H26F3N5O. The molecule has 1 aromatic carbocycles. The van der Waals surface area contributed by atoms with Gasteiger partial charge < -0.3 is 15.6 Å². The maximum Gasteiger partial charge on any atom is 0.416 e. The third-order valence-corrected chi connectivity index (χ3v) is 6.03. The first-order chi connectivity index (χ1) is 15.7. The van der Waals surface area contributed by atoms with Crippen LogP contribution in [0.3, 0.4) is 0 Å². The quantitative estimate of drug-likeness (QED) is 0.388. The van der Waals surface area contributed by atoms with Gasteiger partial charge >= 0.3 is 6.18 Å². The van der Waals surface area contributed by atoms with Crippen molar-refractivity contribution in [2.75, 3.05) is 11.1 Å². The van der Waals surface area contributed by atoms with Crippen molar-refractivity contribution in [2.45, 2.75) is 57.3 Å². The van der Waals surface area contributed by atoms with Gasteiger partial charge in [0.25, 0.3) is 5.56 Å². The standard InChI is InChI=1S/C24H26F3N5O/c1-3-20(15-9-16(24(25,26)27)11-17(28)10-15)31-23-19-13-32(18-7-5-4-6-8-18)22(33)12-21(19)29-14(2)30-23/h3,9-13,18,20H,1,4-8,28H2,2H3,(H,29,30,31). The fourth-order valence-corrected chi connectivity index (χ4v) is 4.43. The molecule has 33 heavy (non-hydrogen) atoms. The largest absolute Gasteiger partial charge is 0.416 e. The first-order valence-electron chi connectivity index (χ1n) is 10.9. The van der Waals surface area contributed by atoms with Crippen LogP contribution in [0.2, 0.25) is 0 Å². The van der Waals surface area contributed by atoms with E-state index < -0.39 is 17.8 Å². The van der Waals surface area contributed by atoms with Gasteiger partial charge in [-0.3, -0.25) is 4.79 Å². The molecule has 9 heteroatoms. The van der Waals surface area contributed by atoms with Crippen LogP contribution in [0.25, 0.3) is 10.9 Å². The maximum atomic E-state index is 13.3. The summed E-state index contributed by atoms with van der Waals surface area (Å²) in [6.45, 7) is 5.48. The van der Waals surface area contributed by atoms with Gasteiger partial charge in [0.2, 0.25) is 0 Å². The number of halogens is 3. The van der Waals surface area contributed by atoms with E-state index in [4.69, 9.17) is 5.73 Å². The summed E-state index contributed by atoms with van der Waals surface area (Å²) in [4.78, 5) is 21.6. The molecular weight excluding hydrogens is 431 g/mol. The molecule has 0 saturated heterocycles. The molecule has 174 valence electrons. The average molecular weight is 458 g/mol. The van der Waals surface area contributed by atoms with Gasteiger partial charge in [-0.2, -0.15) is 13.2 Å². The van der Waals surface area contributed by atoms with Gasteiger partial charge in [-0.15, -0.1) is 6.58 Å². The van der Waals surface area contributed by atoms with E-state index in [-0.39, 0.29) is 17.3 Å². The summed E-state index contributed by atoms with van der Waals surface area (Å²) in [6, 6.07) is 4.34. The maximum absolute atomic E-state index is 13.3. The Labute approximate surface area is 189 Å². The SMILES string of the molecule is C=CC(Nc1nc(C)nc2cc(=O)n(C3CCCCC3)cc12)c1cc(N)cc(C(F)(F)F)c1. The number of nitrogen functional groups attached to an aromatic ring is 1. The van der Waals surface area contributed by atoms with Crippen molar-refractivity contribution in [3.8, 4) is 0 Å². The Bertz CT molecular complexity index is 1250. The van der Waals surface area contributed by atoms with Gasteiger partial charge in [0.1, 0.15) is 11.6 Å². The highest BCUT2D eigenvalue weighted by molar-refractivity contribution is 5.88. The monoisotopic (exact) mass is 457 g/mol. The number of pyridine rings is 1. The van der Waals surface area contributed by atoms with E-state index in [9.17, 15) is 18.0 Å². The number of nitrogens with one attached hydrogen (secondary N) is 1. The molecule has 1 atom stereocenters. The number of nitrogens with zero attached hydrogens (tertiary/aromatic N) is 3. The zero-order valence-electron chi connectivity index (χ0n) is 18.3. The molecule has 1 saturated carbocycles. The van der Waals surface area contributed by atoms with E-state index in [1.54, 1.807) is 17.7 Å². The van der Waals surface area contributed by atoms with Crippen molar-refractivity contribution in [1.29, 1.82) is 0 Å². The third kappa shape index (κ3) is 4.86. The molecule has 2 heterocycles. The molecule has 0 radical (unpaired) electrons. The minimum absolute atomic E-state index is 0.00309. The van der Waals surface area contributed by atoms with Gasteiger partial charge in [-0.1, -0.05) is 25.3 Å². The number of anilines is 2. The molecule has 2 aromatic heterocycles. The van der Waals surface area contributed by atoms with Gasteiger partial charge in [0, 0.05) is 24.0 Å². The van der Waals surface area contributed by atoms with Crippen molar-refractivity contribution >= 4 is 22.4 Å². The van der Waals surface area contributed by atoms with Crippen LogP contribution in [0.4, 0.5) is 24.7 Å². The van der Waals surface area contributed by atoms with Crippen molar-refractivity contribution in [1.82, 2.24) is 14.5 Å². The number of rotatable bonds is 5. The summed E-state index contributed by atoms with van der Waals surface area (Å²) >= 11 is 0. The minimum Gasteiger partial charge on any atom is -0.399 e. The highest BCUT2D eigenvalue weighted by atomic mass is 19.4. The Balaban J connectivity index is 1.78. The average Bonchev–Trinajstić information content (AvgIpc) is 2.76. The van der Waals surface area contributed by atoms with Crippen LogP contribution in [0.15, 0.2) is 47.9 Å². The van der Waals surface area contributed by atoms with E-state index >= 15 is 0 Å². The van der Waals surface area contributed by atoms with Crippen LogP contribution in [0.5, 0.6) is 0 Å². The van der Waals surface area contributed by atoms with Gasteiger partial charge in [-0.05, 0) is 43.5 Å². The molecule has 4 rings (SSSR count). The summed E-state index contributed by atoms with van der Waals surface area (Å²) in [6.07, 6.45) is 3.89. The highest BCUT2D eigenvalue weighted by Gasteiger charge is 2.31. The van der Waals surface area contributed by atoms with E-state index in [0.29, 0.717) is 28.1 Å². The summed E-state index contributed by atoms with van der Waals surface area (Å²) < 4.78 is 41.7. The Morgan fingerprint density at radius 2 is 1.91 bits per heavy atom. The second-order valence-corrected chi connectivity index (χ2v) is 8.47. The number of hydrogen-bond donors (Lipinski definition) is 2. The van der Waals surface area contributed by atoms with Gasteiger partial charge in [0.15, 0.2) is 0 Å². The smallest absolute Gasteiger partial charge is 0.399 e. The van der Waals surface area contributed by atoms with E-state index in [1.165, 1.54) is 18.2 Å². The first-order valence-corrected chi connectivity index (χ1v) is 10.9. The number of aryl methyl sites for hydroxylation is 1. The van der Waals surface area contributed by atoms with E-state index in [2.05, 4.69) is 21.9 Å². The molecule has 1 aliphatic carbocycles. The van der Waals surface area contributed by atoms with Crippen LogP contribution in [-0.4, -0.2) is 14.5 Å². The lowest BCUT2D eigenvalue weighted by molar-refractivity contribution is -0.137. The zero-order chi connectivity index (χ0) is 23.8. The second kappa shape index (κ2) is 8.88. The predicted molar refractivity (Wildman–Crippen MR) is 123 cm³/mol. The van der Waals surface area contributed by atoms with Crippen LogP contribution < -0.4 is 16.6 Å².